The van der Waals surface area contributed by atoms with Gasteiger partial charge in [-0.1, -0.05) is 0 Å². The molecule has 0 aromatic carbocycles. The highest BCUT2D eigenvalue weighted by Crippen LogP contribution is 2.24. The summed E-state index contributed by atoms with van der Waals surface area (Å²) in [6.07, 6.45) is -0.754. The van der Waals surface area contributed by atoms with Gasteiger partial charge in [-0.3, -0.25) is 4.79 Å². The van der Waals surface area contributed by atoms with Crippen LogP contribution in [-0.4, -0.2) is 5.97 Å². The van der Waals surface area contributed by atoms with Crippen molar-refractivity contribution in [3.8, 4) is 6.07 Å². The van der Waals surface area contributed by atoms with E-state index in [0.29, 0.717) is 0 Å². The van der Waals surface area contributed by atoms with Crippen LogP contribution in [0.4, 0.5) is 0 Å². The number of esters is 1. The third-order valence-corrected chi connectivity index (χ3v) is 2.46. The second-order valence-electron chi connectivity index (χ2n) is 2.57. The minimum Gasteiger partial charge on any atom is -0.441 e. The van der Waals surface area contributed by atoms with Crippen molar-refractivity contribution in [1.82, 2.24) is 0 Å². The fourth-order valence-electron chi connectivity index (χ4n) is 0.908. The lowest BCUT2D eigenvalue weighted by Gasteiger charge is -2.05. The van der Waals surface area contributed by atoms with Gasteiger partial charge in [0, 0.05) is 11.8 Å². The molecule has 1 aromatic rings. The fraction of sp³-hybridized carbons (Fsp3) is 0.333. The Hall–Kier alpha value is -1.34. The topological polar surface area (TPSA) is 50.1 Å². The average Bonchev–Trinajstić information content (AvgIpc) is 2.47. The van der Waals surface area contributed by atoms with Gasteiger partial charge in [0.25, 0.3) is 0 Å². The van der Waals surface area contributed by atoms with Crippen LogP contribution in [0.5, 0.6) is 0 Å². The van der Waals surface area contributed by atoms with Gasteiger partial charge in [0.15, 0.2) is 0 Å². The normalized spacial score (nSPS) is 11.8. The average molecular weight is 195 g/mol. The third-order valence-electron chi connectivity index (χ3n) is 1.42. The lowest BCUT2D eigenvalue weighted by atomic mass is 10.3. The van der Waals surface area contributed by atoms with E-state index < -0.39 is 12.1 Å². The Morgan fingerprint density at radius 2 is 2.38 bits per heavy atom. The van der Waals surface area contributed by atoms with Gasteiger partial charge in [0.2, 0.25) is 6.10 Å². The molecule has 0 saturated heterocycles. The van der Waals surface area contributed by atoms with Gasteiger partial charge >= 0.3 is 5.97 Å². The molecule has 0 bridgehead atoms. The maximum absolute atomic E-state index is 10.6. The maximum atomic E-state index is 10.6. The van der Waals surface area contributed by atoms with Crippen LogP contribution in [0.2, 0.25) is 0 Å². The molecule has 13 heavy (non-hydrogen) atoms. The molecule has 0 N–H and O–H groups in total. The number of rotatable bonds is 2. The van der Waals surface area contributed by atoms with E-state index in [4.69, 9.17) is 10.00 Å². The second-order valence-corrected chi connectivity index (χ2v) is 3.89. The molecule has 68 valence electrons. The zero-order valence-electron chi connectivity index (χ0n) is 7.40. The van der Waals surface area contributed by atoms with E-state index >= 15 is 0 Å². The smallest absolute Gasteiger partial charge is 0.304 e. The largest absolute Gasteiger partial charge is 0.441 e. The first kappa shape index (κ1) is 9.75. The van der Waals surface area contributed by atoms with E-state index in [-0.39, 0.29) is 0 Å². The summed E-state index contributed by atoms with van der Waals surface area (Å²) in [4.78, 5) is 12.5. The van der Waals surface area contributed by atoms with Crippen molar-refractivity contribution in [3.05, 3.63) is 21.9 Å². The molecular formula is C9H9NO2S. The van der Waals surface area contributed by atoms with Crippen LogP contribution in [0, 0.1) is 18.3 Å². The Morgan fingerprint density at radius 3 is 2.77 bits per heavy atom. The van der Waals surface area contributed by atoms with Gasteiger partial charge < -0.3 is 4.74 Å². The first-order valence-corrected chi connectivity index (χ1v) is 4.58. The van der Waals surface area contributed by atoms with E-state index in [0.717, 1.165) is 9.75 Å². The number of carbonyl (C=O) groups is 1. The van der Waals surface area contributed by atoms with E-state index in [1.54, 1.807) is 6.07 Å². The van der Waals surface area contributed by atoms with Crippen molar-refractivity contribution in [3.63, 3.8) is 0 Å². The minimum atomic E-state index is -0.754. The Balaban J connectivity index is 2.80. The fourth-order valence-corrected chi connectivity index (χ4v) is 1.76. The molecular weight excluding hydrogens is 186 g/mol. The molecule has 0 saturated carbocycles. The summed E-state index contributed by atoms with van der Waals surface area (Å²) in [7, 11) is 0. The van der Waals surface area contributed by atoms with Crippen molar-refractivity contribution in [2.75, 3.05) is 0 Å². The predicted molar refractivity (Wildman–Crippen MR) is 49.2 cm³/mol. The Kier molecular flexibility index (Phi) is 3.04. The summed E-state index contributed by atoms with van der Waals surface area (Å²) in [5, 5.41) is 8.72. The van der Waals surface area contributed by atoms with Gasteiger partial charge in [-0.2, -0.15) is 5.26 Å². The first-order valence-electron chi connectivity index (χ1n) is 3.76. The Labute approximate surface area is 80.6 Å². The molecule has 0 aliphatic carbocycles. The van der Waals surface area contributed by atoms with Crippen LogP contribution in [-0.2, 0) is 9.53 Å². The summed E-state index contributed by atoms with van der Waals surface area (Å²) in [6, 6.07) is 5.63. The molecule has 1 rings (SSSR count). The van der Waals surface area contributed by atoms with E-state index in [2.05, 4.69) is 0 Å². The molecule has 1 heterocycles. The molecule has 0 amide bonds. The Bertz CT molecular complexity index is 351. The standard InChI is InChI=1S/C9H9NO2S/c1-6-3-4-9(13-6)8(5-10)12-7(2)11/h3-4,8H,1-2H3. The number of thiophene rings is 1. The van der Waals surface area contributed by atoms with E-state index in [1.807, 2.05) is 19.1 Å². The minimum absolute atomic E-state index is 0.433. The van der Waals surface area contributed by atoms with E-state index in [9.17, 15) is 4.79 Å². The highest BCUT2D eigenvalue weighted by atomic mass is 32.1. The highest BCUT2D eigenvalue weighted by Gasteiger charge is 2.14. The van der Waals surface area contributed by atoms with Crippen LogP contribution >= 0.6 is 11.3 Å². The second kappa shape index (κ2) is 4.06. The van der Waals surface area contributed by atoms with Gasteiger partial charge in [0.05, 0.1) is 4.88 Å². The first-order chi connectivity index (χ1) is 6.13. The zero-order valence-corrected chi connectivity index (χ0v) is 8.22. The van der Waals surface area contributed by atoms with Crippen LogP contribution < -0.4 is 0 Å². The van der Waals surface area contributed by atoms with Crippen molar-refractivity contribution < 1.29 is 9.53 Å². The summed E-state index contributed by atoms with van der Waals surface area (Å²) in [5.74, 6) is -0.433. The summed E-state index contributed by atoms with van der Waals surface area (Å²) < 4.78 is 4.81. The maximum Gasteiger partial charge on any atom is 0.304 e. The molecule has 0 radical (unpaired) electrons. The SMILES string of the molecule is CC(=O)OC(C#N)c1ccc(C)s1. The van der Waals surface area contributed by atoms with Gasteiger partial charge in [0.1, 0.15) is 6.07 Å². The number of nitriles is 1. The lowest BCUT2D eigenvalue weighted by Crippen LogP contribution is -2.04. The molecule has 0 aliphatic rings. The third kappa shape index (κ3) is 2.56. The molecule has 1 unspecified atom stereocenters. The van der Waals surface area contributed by atoms with E-state index in [1.165, 1.54) is 18.3 Å². The van der Waals surface area contributed by atoms with Crippen LogP contribution in [0.3, 0.4) is 0 Å². The van der Waals surface area contributed by atoms with Crippen LogP contribution in [0.15, 0.2) is 12.1 Å². The predicted octanol–water partition coefficient (Wildman–Crippen LogP) is 2.18. The van der Waals surface area contributed by atoms with Crippen molar-refractivity contribution in [2.45, 2.75) is 20.0 Å². The van der Waals surface area contributed by atoms with Crippen LogP contribution in [0.25, 0.3) is 0 Å². The molecule has 0 spiro atoms. The van der Waals surface area contributed by atoms with Crippen molar-refractivity contribution >= 4 is 17.3 Å². The zero-order chi connectivity index (χ0) is 9.84. The summed E-state index contributed by atoms with van der Waals surface area (Å²) >= 11 is 1.46. The van der Waals surface area contributed by atoms with Crippen molar-refractivity contribution in [2.24, 2.45) is 0 Å². The summed E-state index contributed by atoms with van der Waals surface area (Å²) in [6.45, 7) is 3.24. The number of carbonyl (C=O) groups excluding carboxylic acids is 1. The number of hydrogen-bond acceptors (Lipinski definition) is 4. The van der Waals surface area contributed by atoms with Gasteiger partial charge in [-0.15, -0.1) is 11.3 Å². The number of ether oxygens (including phenoxy) is 1. The molecule has 1 atom stereocenters. The monoisotopic (exact) mass is 195 g/mol. The number of nitrogens with zero attached hydrogens (tertiary/aromatic N) is 1. The quantitative estimate of drug-likeness (QED) is 0.679. The summed E-state index contributed by atoms with van der Waals surface area (Å²) in [5.41, 5.74) is 0. The Morgan fingerprint density at radius 1 is 1.69 bits per heavy atom. The number of aryl methyl sites for hydroxylation is 1. The highest BCUT2D eigenvalue weighted by molar-refractivity contribution is 7.12. The molecule has 1 aromatic heterocycles. The number of hydrogen-bond donors (Lipinski definition) is 0. The van der Waals surface area contributed by atoms with Gasteiger partial charge in [-0.05, 0) is 19.1 Å². The molecule has 4 heteroatoms. The van der Waals surface area contributed by atoms with Crippen LogP contribution in [0.1, 0.15) is 22.8 Å². The molecule has 0 fully saturated rings. The van der Waals surface area contributed by atoms with Crippen molar-refractivity contribution in [1.29, 1.82) is 5.26 Å². The molecule has 0 aliphatic heterocycles. The molecule has 3 nitrogen and oxygen atoms in total. The lowest BCUT2D eigenvalue weighted by molar-refractivity contribution is -0.144. The van der Waals surface area contributed by atoms with Gasteiger partial charge in [-0.25, -0.2) is 0 Å².